The fourth-order valence-corrected chi connectivity index (χ4v) is 4.08. The molecule has 0 saturated carbocycles. The molecular formula is C20H27N3O3S. The minimum absolute atomic E-state index is 0.0792. The van der Waals surface area contributed by atoms with Crippen LogP contribution in [-0.2, 0) is 27.7 Å². The molecule has 0 fully saturated rings. The Morgan fingerprint density at radius 2 is 1.85 bits per heavy atom. The Kier molecular flexibility index (Phi) is 7.97. The van der Waals surface area contributed by atoms with Crippen molar-refractivity contribution in [2.75, 3.05) is 32.6 Å². The van der Waals surface area contributed by atoms with E-state index in [0.29, 0.717) is 26.2 Å². The number of aromatic nitrogens is 2. The Morgan fingerprint density at radius 1 is 1.19 bits per heavy atom. The average Bonchev–Trinajstić information content (AvgIpc) is 3.04. The monoisotopic (exact) mass is 389 g/mol. The van der Waals surface area contributed by atoms with E-state index in [1.165, 1.54) is 7.11 Å². The molecule has 0 aliphatic heterocycles. The van der Waals surface area contributed by atoms with Gasteiger partial charge in [-0.2, -0.15) is 0 Å². The normalized spacial score (nSPS) is 11.6. The van der Waals surface area contributed by atoms with Gasteiger partial charge in [-0.15, -0.1) is 13.2 Å². The van der Waals surface area contributed by atoms with E-state index in [1.54, 1.807) is 10.8 Å². The van der Waals surface area contributed by atoms with Crippen molar-refractivity contribution in [3.63, 3.8) is 0 Å². The Bertz CT molecular complexity index is 835. The molecule has 0 unspecified atom stereocenters. The van der Waals surface area contributed by atoms with Crippen LogP contribution < -0.4 is 0 Å². The molecule has 2 aromatic rings. The molecule has 146 valence electrons. The topological polar surface area (TPSA) is 64.4 Å². The van der Waals surface area contributed by atoms with Crippen LogP contribution in [0.15, 0.2) is 67.0 Å². The maximum Gasteiger partial charge on any atom is 0.228 e. The molecule has 1 aromatic heterocycles. The van der Waals surface area contributed by atoms with Gasteiger partial charge < -0.3 is 9.30 Å². The number of ether oxygens (including phenoxy) is 1. The Labute approximate surface area is 161 Å². The second-order valence-corrected chi connectivity index (χ2v) is 8.19. The molecule has 1 heterocycles. The first-order valence-corrected chi connectivity index (χ1v) is 10.4. The zero-order chi connectivity index (χ0) is 19.7. The van der Waals surface area contributed by atoms with Crippen molar-refractivity contribution >= 4 is 9.84 Å². The largest absolute Gasteiger partial charge is 0.384 e. The molecule has 0 spiro atoms. The lowest BCUT2D eigenvalue weighted by molar-refractivity contribution is 0.217. The van der Waals surface area contributed by atoms with Gasteiger partial charge in [0, 0.05) is 26.7 Å². The molecule has 0 amide bonds. The van der Waals surface area contributed by atoms with Gasteiger partial charge in [0.15, 0.2) is 0 Å². The third-order valence-corrected chi connectivity index (χ3v) is 5.67. The van der Waals surface area contributed by atoms with Gasteiger partial charge in [0.05, 0.1) is 30.8 Å². The van der Waals surface area contributed by atoms with Gasteiger partial charge in [-0.25, -0.2) is 13.4 Å². The molecule has 0 N–H and O–H groups in total. The first kappa shape index (κ1) is 21.1. The van der Waals surface area contributed by atoms with Gasteiger partial charge in [0.2, 0.25) is 15.0 Å². The highest BCUT2D eigenvalue weighted by Gasteiger charge is 2.24. The molecular weight excluding hydrogens is 362 g/mol. The summed E-state index contributed by atoms with van der Waals surface area (Å²) in [4.78, 5) is 6.37. The summed E-state index contributed by atoms with van der Waals surface area (Å²) in [5.41, 5.74) is 1.84. The predicted molar refractivity (Wildman–Crippen MR) is 107 cm³/mol. The second-order valence-electron chi connectivity index (χ2n) is 6.19. The van der Waals surface area contributed by atoms with Gasteiger partial charge in [-0.3, -0.25) is 4.90 Å². The number of methoxy groups -OCH3 is 1. The van der Waals surface area contributed by atoms with Crippen LogP contribution in [0.3, 0.4) is 0 Å². The average molecular weight is 390 g/mol. The third kappa shape index (κ3) is 5.89. The van der Waals surface area contributed by atoms with E-state index in [2.05, 4.69) is 23.0 Å². The van der Waals surface area contributed by atoms with Crippen LogP contribution in [-0.4, -0.2) is 55.4 Å². The van der Waals surface area contributed by atoms with E-state index in [1.807, 2.05) is 42.5 Å². The summed E-state index contributed by atoms with van der Waals surface area (Å²) in [6.07, 6.45) is 5.27. The summed E-state index contributed by atoms with van der Waals surface area (Å²) in [6.45, 7) is 10.0. The number of nitrogens with zero attached hydrogens (tertiary/aromatic N) is 3. The lowest BCUT2D eigenvalue weighted by atomic mass is 10.2. The fraction of sp³-hybridized carbons (Fsp3) is 0.350. The molecule has 0 aliphatic carbocycles. The summed E-state index contributed by atoms with van der Waals surface area (Å²) in [6, 6.07) is 9.76. The molecule has 27 heavy (non-hydrogen) atoms. The predicted octanol–water partition coefficient (Wildman–Crippen LogP) is 2.53. The minimum Gasteiger partial charge on any atom is -0.384 e. The van der Waals surface area contributed by atoms with Crippen molar-refractivity contribution in [2.45, 2.75) is 18.2 Å². The van der Waals surface area contributed by atoms with Crippen LogP contribution in [0.25, 0.3) is 0 Å². The molecule has 1 aromatic carbocycles. The van der Waals surface area contributed by atoms with Crippen molar-refractivity contribution in [3.8, 4) is 0 Å². The summed E-state index contributed by atoms with van der Waals surface area (Å²) in [7, 11) is -2.06. The number of benzene rings is 1. The molecule has 0 saturated heterocycles. The van der Waals surface area contributed by atoms with E-state index in [9.17, 15) is 8.42 Å². The smallest absolute Gasteiger partial charge is 0.228 e. The van der Waals surface area contributed by atoms with Gasteiger partial charge >= 0.3 is 0 Å². The Hall–Kier alpha value is -2.22. The van der Waals surface area contributed by atoms with E-state index < -0.39 is 9.84 Å². The van der Waals surface area contributed by atoms with Crippen LogP contribution in [0.2, 0.25) is 0 Å². The number of hydrogen-bond donors (Lipinski definition) is 0. The van der Waals surface area contributed by atoms with Gasteiger partial charge in [-0.1, -0.05) is 42.5 Å². The van der Waals surface area contributed by atoms with Crippen LogP contribution in [0.1, 0.15) is 11.3 Å². The van der Waals surface area contributed by atoms with E-state index in [0.717, 1.165) is 11.3 Å². The zero-order valence-corrected chi connectivity index (χ0v) is 16.6. The fourth-order valence-electron chi connectivity index (χ4n) is 2.78. The SMILES string of the molecule is C=CCN(CC=C)Cc1cnc(S(=O)(=O)CCOC)n1Cc1ccccc1. The van der Waals surface area contributed by atoms with Crippen molar-refractivity contribution in [3.05, 3.63) is 73.1 Å². The molecule has 2 rings (SSSR count). The first-order chi connectivity index (χ1) is 13.0. The highest BCUT2D eigenvalue weighted by Crippen LogP contribution is 2.18. The third-order valence-electron chi connectivity index (χ3n) is 4.08. The quantitative estimate of drug-likeness (QED) is 0.522. The number of sulfone groups is 1. The highest BCUT2D eigenvalue weighted by atomic mass is 32.2. The maximum absolute atomic E-state index is 12.7. The molecule has 0 bridgehead atoms. The molecule has 0 radical (unpaired) electrons. The maximum atomic E-state index is 12.7. The molecule has 6 nitrogen and oxygen atoms in total. The van der Waals surface area contributed by atoms with Crippen LogP contribution >= 0.6 is 0 Å². The molecule has 7 heteroatoms. The summed E-state index contributed by atoms with van der Waals surface area (Å²) < 4.78 is 32.2. The van der Waals surface area contributed by atoms with Crippen molar-refractivity contribution < 1.29 is 13.2 Å². The van der Waals surface area contributed by atoms with Crippen molar-refractivity contribution in [1.29, 1.82) is 0 Å². The zero-order valence-electron chi connectivity index (χ0n) is 15.8. The number of hydrogen-bond acceptors (Lipinski definition) is 5. The lowest BCUT2D eigenvalue weighted by Gasteiger charge is -2.20. The summed E-state index contributed by atoms with van der Waals surface area (Å²) in [5, 5.41) is 0.0792. The van der Waals surface area contributed by atoms with Gasteiger partial charge in [0.1, 0.15) is 0 Å². The van der Waals surface area contributed by atoms with Gasteiger partial charge in [-0.05, 0) is 5.56 Å². The minimum atomic E-state index is -3.54. The number of rotatable bonds is 12. The van der Waals surface area contributed by atoms with Crippen molar-refractivity contribution in [1.82, 2.24) is 14.5 Å². The van der Waals surface area contributed by atoms with Crippen molar-refractivity contribution in [2.24, 2.45) is 0 Å². The van der Waals surface area contributed by atoms with Crippen LogP contribution in [0.5, 0.6) is 0 Å². The molecule has 0 atom stereocenters. The van der Waals surface area contributed by atoms with E-state index in [-0.39, 0.29) is 17.5 Å². The number of imidazole rings is 1. The summed E-state index contributed by atoms with van der Waals surface area (Å²) >= 11 is 0. The standard InChI is InChI=1S/C20H27N3O3S/c1-4-11-22(12-5-2)17-19-15-21-20(27(24,25)14-13-26-3)23(19)16-18-9-7-6-8-10-18/h4-10,15H,1-2,11-14,16-17H2,3H3. The van der Waals surface area contributed by atoms with Crippen LogP contribution in [0, 0.1) is 0 Å². The Morgan fingerprint density at radius 3 is 2.44 bits per heavy atom. The lowest BCUT2D eigenvalue weighted by Crippen LogP contribution is -2.26. The molecule has 0 aliphatic rings. The van der Waals surface area contributed by atoms with Gasteiger partial charge in [0.25, 0.3) is 0 Å². The summed E-state index contributed by atoms with van der Waals surface area (Å²) in [5.74, 6) is -0.0994. The highest BCUT2D eigenvalue weighted by molar-refractivity contribution is 7.91. The van der Waals surface area contributed by atoms with E-state index in [4.69, 9.17) is 4.74 Å². The van der Waals surface area contributed by atoms with E-state index >= 15 is 0 Å². The second kappa shape index (κ2) is 10.2. The first-order valence-electron chi connectivity index (χ1n) is 8.76. The Balaban J connectivity index is 2.41. The van der Waals surface area contributed by atoms with Crippen LogP contribution in [0.4, 0.5) is 0 Å².